The van der Waals surface area contributed by atoms with E-state index in [9.17, 15) is 4.79 Å². The second-order valence-electron chi connectivity index (χ2n) is 9.43. The van der Waals surface area contributed by atoms with Crippen LogP contribution in [0.5, 0.6) is 0 Å². The molecule has 2 aliphatic rings. The summed E-state index contributed by atoms with van der Waals surface area (Å²) in [6.45, 7) is 8.37. The Kier molecular flexibility index (Phi) is 4.68. The van der Waals surface area contributed by atoms with Crippen molar-refractivity contribution in [3.8, 4) is 16.8 Å². The van der Waals surface area contributed by atoms with E-state index >= 15 is 0 Å². The van der Waals surface area contributed by atoms with Crippen LogP contribution in [0.2, 0.25) is 0 Å². The third-order valence-corrected chi connectivity index (χ3v) is 6.74. The van der Waals surface area contributed by atoms with Crippen LogP contribution in [0.4, 0.5) is 0 Å². The van der Waals surface area contributed by atoms with Crippen LogP contribution in [-0.4, -0.2) is 25.7 Å². The number of nitrogens with zero attached hydrogens (tertiary/aromatic N) is 4. The number of nitrogens with one attached hydrogen (secondary N) is 1. The molecule has 1 aromatic carbocycles. The summed E-state index contributed by atoms with van der Waals surface area (Å²) in [7, 11) is 0. The number of amides is 1. The van der Waals surface area contributed by atoms with E-state index in [1.807, 2.05) is 26.2 Å². The fourth-order valence-electron chi connectivity index (χ4n) is 5.17. The summed E-state index contributed by atoms with van der Waals surface area (Å²) in [5.74, 6) is 2.04. The van der Waals surface area contributed by atoms with Gasteiger partial charge < -0.3 is 5.32 Å². The van der Waals surface area contributed by atoms with Gasteiger partial charge in [0, 0.05) is 29.8 Å². The number of rotatable bonds is 3. The van der Waals surface area contributed by atoms with Crippen molar-refractivity contribution in [1.82, 2.24) is 25.1 Å². The number of pyridine rings is 1. The van der Waals surface area contributed by atoms with Crippen LogP contribution in [0.15, 0.2) is 30.6 Å². The highest BCUT2D eigenvalue weighted by molar-refractivity contribution is 5.77. The molecule has 6 nitrogen and oxygen atoms in total. The quantitative estimate of drug-likeness (QED) is 0.689. The van der Waals surface area contributed by atoms with Gasteiger partial charge in [0.05, 0.1) is 11.7 Å². The largest absolute Gasteiger partial charge is 0.349 e. The molecule has 160 valence electrons. The highest BCUT2D eigenvalue weighted by Gasteiger charge is 2.35. The molecule has 3 aromatic rings. The first kappa shape index (κ1) is 19.9. The van der Waals surface area contributed by atoms with E-state index in [-0.39, 0.29) is 17.4 Å². The van der Waals surface area contributed by atoms with Gasteiger partial charge in [-0.3, -0.25) is 14.3 Å². The molecule has 1 atom stereocenters. The molecule has 0 spiro atoms. The third-order valence-electron chi connectivity index (χ3n) is 6.74. The van der Waals surface area contributed by atoms with E-state index in [2.05, 4.69) is 57.1 Å². The van der Waals surface area contributed by atoms with Gasteiger partial charge in [0.15, 0.2) is 0 Å². The van der Waals surface area contributed by atoms with Crippen molar-refractivity contribution in [2.24, 2.45) is 0 Å². The average Bonchev–Trinajstić information content (AvgIpc) is 3.16. The zero-order valence-corrected chi connectivity index (χ0v) is 18.7. The molecule has 31 heavy (non-hydrogen) atoms. The van der Waals surface area contributed by atoms with E-state index in [1.165, 1.54) is 33.5 Å². The SMILES string of the molecule is CCC(=O)N[C@@H]1CCCc2c(-c3ccc4c(c3)CC(C)(C)c3nnc(C)n3-4)cncc21. The number of carbonyl (C=O) groups excluding carboxylic acids is 1. The average molecular weight is 416 g/mol. The molecule has 0 fully saturated rings. The van der Waals surface area contributed by atoms with E-state index in [0.29, 0.717) is 6.42 Å². The minimum Gasteiger partial charge on any atom is -0.349 e. The van der Waals surface area contributed by atoms with Gasteiger partial charge in [-0.2, -0.15) is 0 Å². The normalized spacial score (nSPS) is 18.6. The Morgan fingerprint density at radius 1 is 1.26 bits per heavy atom. The lowest BCUT2D eigenvalue weighted by Crippen LogP contribution is -2.31. The monoisotopic (exact) mass is 415 g/mol. The number of carbonyl (C=O) groups is 1. The molecule has 1 N–H and O–H groups in total. The van der Waals surface area contributed by atoms with Crippen LogP contribution in [0, 0.1) is 6.92 Å². The summed E-state index contributed by atoms with van der Waals surface area (Å²) < 4.78 is 2.19. The predicted molar refractivity (Wildman–Crippen MR) is 120 cm³/mol. The summed E-state index contributed by atoms with van der Waals surface area (Å²) in [5, 5.41) is 12.0. The second-order valence-corrected chi connectivity index (χ2v) is 9.43. The van der Waals surface area contributed by atoms with Crippen LogP contribution in [0.1, 0.15) is 74.4 Å². The van der Waals surface area contributed by atoms with Gasteiger partial charge in [-0.15, -0.1) is 10.2 Å². The van der Waals surface area contributed by atoms with E-state index in [0.717, 1.165) is 37.3 Å². The maximum Gasteiger partial charge on any atom is 0.220 e. The topological polar surface area (TPSA) is 72.7 Å². The van der Waals surface area contributed by atoms with Crippen molar-refractivity contribution >= 4 is 5.91 Å². The number of aryl methyl sites for hydroxylation is 1. The highest BCUT2D eigenvalue weighted by Crippen LogP contribution is 2.40. The molecule has 5 rings (SSSR count). The molecule has 1 aliphatic heterocycles. The van der Waals surface area contributed by atoms with Crippen molar-refractivity contribution in [1.29, 1.82) is 0 Å². The van der Waals surface area contributed by atoms with Crippen LogP contribution in [0.25, 0.3) is 16.8 Å². The lowest BCUT2D eigenvalue weighted by atomic mass is 9.80. The number of benzene rings is 1. The smallest absolute Gasteiger partial charge is 0.220 e. The summed E-state index contributed by atoms with van der Waals surface area (Å²) in [5.41, 5.74) is 7.26. The first-order valence-corrected chi connectivity index (χ1v) is 11.2. The fourth-order valence-corrected chi connectivity index (χ4v) is 5.17. The van der Waals surface area contributed by atoms with Crippen molar-refractivity contribution in [3.05, 3.63) is 58.9 Å². The minimum absolute atomic E-state index is 0.0578. The summed E-state index contributed by atoms with van der Waals surface area (Å²) in [6.07, 6.45) is 8.40. The second kappa shape index (κ2) is 7.29. The molecule has 1 aliphatic carbocycles. The molecule has 0 bridgehead atoms. The Morgan fingerprint density at radius 3 is 2.90 bits per heavy atom. The first-order valence-electron chi connectivity index (χ1n) is 11.2. The first-order chi connectivity index (χ1) is 14.9. The molecular formula is C25H29N5O. The molecule has 0 radical (unpaired) electrons. The predicted octanol–water partition coefficient (Wildman–Crippen LogP) is 4.38. The highest BCUT2D eigenvalue weighted by atomic mass is 16.1. The molecule has 0 saturated carbocycles. The third kappa shape index (κ3) is 3.25. The van der Waals surface area contributed by atoms with Crippen LogP contribution in [-0.2, 0) is 23.1 Å². The lowest BCUT2D eigenvalue weighted by Gasteiger charge is -2.32. The number of fused-ring (bicyclic) bond motifs is 4. The van der Waals surface area contributed by atoms with Gasteiger partial charge in [0.25, 0.3) is 0 Å². The molecule has 0 saturated heterocycles. The Labute approximate surface area is 183 Å². The van der Waals surface area contributed by atoms with Gasteiger partial charge in [0.2, 0.25) is 5.91 Å². The van der Waals surface area contributed by atoms with Crippen molar-refractivity contribution in [2.75, 3.05) is 0 Å². The van der Waals surface area contributed by atoms with Crippen molar-refractivity contribution < 1.29 is 4.79 Å². The Hall–Kier alpha value is -3.02. The fraction of sp³-hybridized carbons (Fsp3) is 0.440. The number of hydrogen-bond donors (Lipinski definition) is 1. The number of aromatic nitrogens is 4. The summed E-state index contributed by atoms with van der Waals surface area (Å²) >= 11 is 0. The van der Waals surface area contributed by atoms with E-state index < -0.39 is 0 Å². The van der Waals surface area contributed by atoms with Crippen LogP contribution >= 0.6 is 0 Å². The van der Waals surface area contributed by atoms with Gasteiger partial charge >= 0.3 is 0 Å². The summed E-state index contributed by atoms with van der Waals surface area (Å²) in [4.78, 5) is 16.6. The summed E-state index contributed by atoms with van der Waals surface area (Å²) in [6, 6.07) is 6.75. The standard InChI is InChI=1S/C25H29N5O/c1-5-23(31)27-21-8-6-7-18-19(13-26-14-20(18)21)16-9-10-22-17(11-16)12-25(3,4)24-29-28-15(2)30(22)24/h9-11,13-14,21H,5-8,12H2,1-4H3,(H,27,31)/t21-/m1/s1. The minimum atomic E-state index is -0.0726. The van der Waals surface area contributed by atoms with E-state index in [4.69, 9.17) is 0 Å². The van der Waals surface area contributed by atoms with Crippen molar-refractivity contribution in [3.63, 3.8) is 0 Å². The maximum absolute atomic E-state index is 12.0. The number of hydrogen-bond acceptors (Lipinski definition) is 4. The Morgan fingerprint density at radius 2 is 2.10 bits per heavy atom. The van der Waals surface area contributed by atoms with Gasteiger partial charge in [0.1, 0.15) is 11.6 Å². The molecule has 2 aromatic heterocycles. The Bertz CT molecular complexity index is 1180. The zero-order valence-electron chi connectivity index (χ0n) is 18.7. The van der Waals surface area contributed by atoms with Gasteiger partial charge in [-0.05, 0) is 67.0 Å². The molecular weight excluding hydrogens is 386 g/mol. The molecule has 6 heteroatoms. The van der Waals surface area contributed by atoms with E-state index in [1.54, 1.807) is 0 Å². The van der Waals surface area contributed by atoms with Gasteiger partial charge in [-0.25, -0.2) is 0 Å². The molecule has 3 heterocycles. The van der Waals surface area contributed by atoms with Gasteiger partial charge in [-0.1, -0.05) is 26.8 Å². The lowest BCUT2D eigenvalue weighted by molar-refractivity contribution is -0.121. The Balaban J connectivity index is 1.59. The van der Waals surface area contributed by atoms with Crippen LogP contribution < -0.4 is 5.32 Å². The van der Waals surface area contributed by atoms with Crippen molar-refractivity contribution in [2.45, 2.75) is 71.3 Å². The maximum atomic E-state index is 12.0. The molecule has 1 amide bonds. The zero-order chi connectivity index (χ0) is 21.8. The van der Waals surface area contributed by atoms with Crippen LogP contribution in [0.3, 0.4) is 0 Å². The molecule has 0 unspecified atom stereocenters.